The van der Waals surface area contributed by atoms with E-state index in [1.54, 1.807) is 31.3 Å². The zero-order valence-electron chi connectivity index (χ0n) is 14.7. The zero-order valence-corrected chi connectivity index (χ0v) is 14.7. The molecule has 27 heavy (non-hydrogen) atoms. The monoisotopic (exact) mass is 379 g/mol. The molecule has 0 aliphatic rings. The van der Waals surface area contributed by atoms with Gasteiger partial charge in [0.15, 0.2) is 0 Å². The molecule has 0 fully saturated rings. The van der Waals surface area contributed by atoms with Crippen molar-refractivity contribution in [1.29, 1.82) is 0 Å². The number of amides is 3. The lowest BCUT2D eigenvalue weighted by Crippen LogP contribution is -2.37. The van der Waals surface area contributed by atoms with Gasteiger partial charge in [-0.3, -0.25) is 4.79 Å². The van der Waals surface area contributed by atoms with E-state index in [0.717, 1.165) is 17.7 Å². The highest BCUT2D eigenvalue weighted by Crippen LogP contribution is 2.29. The molecular formula is C19H20F3N3O2. The van der Waals surface area contributed by atoms with Crippen LogP contribution in [0.1, 0.15) is 29.2 Å². The van der Waals surface area contributed by atoms with Crippen molar-refractivity contribution in [2.45, 2.75) is 25.2 Å². The van der Waals surface area contributed by atoms with Gasteiger partial charge in [-0.2, -0.15) is 13.2 Å². The van der Waals surface area contributed by atoms with Gasteiger partial charge < -0.3 is 16.0 Å². The second-order valence-electron chi connectivity index (χ2n) is 6.12. The van der Waals surface area contributed by atoms with E-state index < -0.39 is 23.8 Å². The number of urea groups is 1. The average molecular weight is 379 g/mol. The van der Waals surface area contributed by atoms with Gasteiger partial charge in [0.05, 0.1) is 18.0 Å². The first-order valence-corrected chi connectivity index (χ1v) is 8.18. The molecule has 0 aromatic heterocycles. The number of nitrogens with two attached hydrogens (primary N) is 1. The van der Waals surface area contributed by atoms with Gasteiger partial charge in [-0.25, -0.2) is 4.79 Å². The molecule has 0 bridgehead atoms. The van der Waals surface area contributed by atoms with Crippen molar-refractivity contribution in [2.75, 3.05) is 7.05 Å². The first-order chi connectivity index (χ1) is 12.7. The number of hydrogen-bond donors (Lipinski definition) is 2. The van der Waals surface area contributed by atoms with Crippen LogP contribution in [0.5, 0.6) is 0 Å². The van der Waals surface area contributed by atoms with Crippen LogP contribution in [0, 0.1) is 0 Å². The fourth-order valence-corrected chi connectivity index (χ4v) is 2.60. The second-order valence-corrected chi connectivity index (χ2v) is 6.12. The lowest BCUT2D eigenvalue weighted by atomic mass is 10.0. The van der Waals surface area contributed by atoms with Crippen molar-refractivity contribution in [3.63, 3.8) is 0 Å². The second kappa shape index (κ2) is 8.57. The summed E-state index contributed by atoms with van der Waals surface area (Å²) >= 11 is 0. The number of benzene rings is 2. The van der Waals surface area contributed by atoms with Crippen LogP contribution in [0.4, 0.5) is 18.0 Å². The first-order valence-electron chi connectivity index (χ1n) is 8.18. The SMILES string of the molecule is CN(Cc1ccc(C(F)(F)F)cc1)C(=O)CC(NC(N)=O)c1ccccc1. The third-order valence-electron chi connectivity index (χ3n) is 4.02. The summed E-state index contributed by atoms with van der Waals surface area (Å²) < 4.78 is 37.8. The zero-order chi connectivity index (χ0) is 20.0. The normalized spacial score (nSPS) is 12.3. The smallest absolute Gasteiger partial charge is 0.352 e. The highest BCUT2D eigenvalue weighted by Gasteiger charge is 2.30. The van der Waals surface area contributed by atoms with Crippen molar-refractivity contribution in [3.05, 3.63) is 71.3 Å². The largest absolute Gasteiger partial charge is 0.416 e. The fraction of sp³-hybridized carbons (Fsp3) is 0.263. The number of carbonyl (C=O) groups is 2. The minimum atomic E-state index is -4.40. The van der Waals surface area contributed by atoms with Crippen molar-refractivity contribution < 1.29 is 22.8 Å². The van der Waals surface area contributed by atoms with Gasteiger partial charge in [0.1, 0.15) is 0 Å². The molecule has 0 radical (unpaired) electrons. The quantitative estimate of drug-likeness (QED) is 0.807. The molecule has 0 aliphatic carbocycles. The van der Waals surface area contributed by atoms with E-state index in [0.29, 0.717) is 5.56 Å². The number of alkyl halides is 3. The molecule has 2 aromatic carbocycles. The fourth-order valence-electron chi connectivity index (χ4n) is 2.60. The lowest BCUT2D eigenvalue weighted by Gasteiger charge is -2.22. The summed E-state index contributed by atoms with van der Waals surface area (Å²) in [7, 11) is 1.55. The molecule has 5 nitrogen and oxygen atoms in total. The maximum atomic E-state index is 12.6. The Kier molecular flexibility index (Phi) is 6.44. The van der Waals surface area contributed by atoms with Crippen LogP contribution in [-0.4, -0.2) is 23.9 Å². The standard InChI is InChI=1S/C19H20F3N3O2/c1-25(12-13-7-9-15(10-8-13)19(20,21)22)17(26)11-16(24-18(23)27)14-5-3-2-4-6-14/h2-10,16H,11-12H2,1H3,(H3,23,24,27). The van der Waals surface area contributed by atoms with Gasteiger partial charge in [-0.1, -0.05) is 42.5 Å². The molecule has 0 heterocycles. The van der Waals surface area contributed by atoms with Crippen LogP contribution in [0.15, 0.2) is 54.6 Å². The Hall–Kier alpha value is -3.03. The molecule has 0 aliphatic heterocycles. The Labute approximate surface area is 155 Å². The van der Waals surface area contributed by atoms with Crippen LogP contribution >= 0.6 is 0 Å². The predicted octanol–water partition coefficient (Wildman–Crippen LogP) is 3.46. The molecular weight excluding hydrogens is 359 g/mol. The minimum absolute atomic E-state index is 0.0237. The molecule has 2 rings (SSSR count). The molecule has 8 heteroatoms. The molecule has 1 unspecified atom stereocenters. The van der Waals surface area contributed by atoms with Gasteiger partial charge in [-0.15, -0.1) is 0 Å². The molecule has 3 N–H and O–H groups in total. The maximum absolute atomic E-state index is 12.6. The van der Waals surface area contributed by atoms with E-state index in [4.69, 9.17) is 5.73 Å². The van der Waals surface area contributed by atoms with Gasteiger partial charge in [0, 0.05) is 13.6 Å². The van der Waals surface area contributed by atoms with E-state index in [9.17, 15) is 22.8 Å². The first kappa shape index (κ1) is 20.3. The van der Waals surface area contributed by atoms with E-state index in [2.05, 4.69) is 5.32 Å². The Morgan fingerprint density at radius 3 is 2.19 bits per heavy atom. The van der Waals surface area contributed by atoms with E-state index >= 15 is 0 Å². The molecule has 144 valence electrons. The van der Waals surface area contributed by atoms with Gasteiger partial charge in [0.2, 0.25) is 5.91 Å². The highest BCUT2D eigenvalue weighted by molar-refractivity contribution is 5.78. The Balaban J connectivity index is 2.03. The van der Waals surface area contributed by atoms with Gasteiger partial charge >= 0.3 is 12.2 Å². The molecule has 0 spiro atoms. The number of nitrogens with zero attached hydrogens (tertiary/aromatic N) is 1. The summed E-state index contributed by atoms with van der Waals surface area (Å²) in [6.07, 6.45) is -4.42. The molecule has 0 saturated heterocycles. The summed E-state index contributed by atoms with van der Waals surface area (Å²) in [6, 6.07) is 12.2. The number of carbonyl (C=O) groups excluding carboxylic acids is 2. The van der Waals surface area contributed by atoms with E-state index in [1.807, 2.05) is 6.07 Å². The summed E-state index contributed by atoms with van der Waals surface area (Å²) in [4.78, 5) is 25.1. The minimum Gasteiger partial charge on any atom is -0.352 e. The van der Waals surface area contributed by atoms with Crippen molar-refractivity contribution >= 4 is 11.9 Å². The molecule has 3 amide bonds. The Morgan fingerprint density at radius 2 is 1.67 bits per heavy atom. The summed E-state index contributed by atoms with van der Waals surface area (Å²) in [5, 5.41) is 2.54. The number of nitrogens with one attached hydrogen (secondary N) is 1. The number of hydrogen-bond acceptors (Lipinski definition) is 2. The van der Waals surface area contributed by atoms with Crippen LogP contribution < -0.4 is 11.1 Å². The van der Waals surface area contributed by atoms with E-state index in [-0.39, 0.29) is 18.9 Å². The third-order valence-corrected chi connectivity index (χ3v) is 4.02. The van der Waals surface area contributed by atoms with E-state index in [1.165, 1.54) is 17.0 Å². The Bertz CT molecular complexity index is 777. The van der Waals surface area contributed by atoms with Crippen LogP contribution in [0.2, 0.25) is 0 Å². The van der Waals surface area contributed by atoms with Crippen molar-refractivity contribution in [2.24, 2.45) is 5.73 Å². The van der Waals surface area contributed by atoms with Gasteiger partial charge in [-0.05, 0) is 23.3 Å². The maximum Gasteiger partial charge on any atom is 0.416 e. The number of rotatable bonds is 6. The summed E-state index contributed by atoms with van der Waals surface area (Å²) in [5.41, 5.74) is 5.74. The average Bonchev–Trinajstić information content (AvgIpc) is 2.61. The number of halogens is 3. The van der Waals surface area contributed by atoms with Crippen LogP contribution in [0.25, 0.3) is 0 Å². The molecule has 1 atom stereocenters. The topological polar surface area (TPSA) is 75.4 Å². The molecule has 2 aromatic rings. The summed E-state index contributed by atoms with van der Waals surface area (Å²) in [5.74, 6) is -0.280. The molecule has 0 saturated carbocycles. The summed E-state index contributed by atoms with van der Waals surface area (Å²) in [6.45, 7) is 0.148. The van der Waals surface area contributed by atoms with Crippen LogP contribution in [0.3, 0.4) is 0 Å². The number of primary amides is 1. The van der Waals surface area contributed by atoms with Crippen molar-refractivity contribution in [1.82, 2.24) is 10.2 Å². The lowest BCUT2D eigenvalue weighted by molar-refractivity contribution is -0.137. The van der Waals surface area contributed by atoms with Crippen molar-refractivity contribution in [3.8, 4) is 0 Å². The Morgan fingerprint density at radius 1 is 1.07 bits per heavy atom. The van der Waals surface area contributed by atoms with Crippen LogP contribution in [-0.2, 0) is 17.5 Å². The van der Waals surface area contributed by atoms with Gasteiger partial charge in [0.25, 0.3) is 0 Å². The highest BCUT2D eigenvalue weighted by atomic mass is 19.4. The predicted molar refractivity (Wildman–Crippen MR) is 94.4 cm³/mol. The third kappa shape index (κ3) is 6.02.